The minimum Gasteiger partial charge on any atom is -0.378 e. The number of rotatable bonds is 7. The summed E-state index contributed by atoms with van der Waals surface area (Å²) in [5.41, 5.74) is 3.52. The Hall–Kier alpha value is -3.07. The fraction of sp³-hybridized carbons (Fsp3) is 0.208. The first kappa shape index (κ1) is 23.1. The molecule has 0 atom stereocenters. The van der Waals surface area contributed by atoms with Crippen LogP contribution in [-0.2, 0) is 9.53 Å². The maximum absolute atomic E-state index is 11.6. The minimum atomic E-state index is -0.279. The van der Waals surface area contributed by atoms with Crippen LogP contribution >= 0.6 is 23.4 Å². The molecule has 1 aliphatic rings. The van der Waals surface area contributed by atoms with Gasteiger partial charge in [-0.05, 0) is 61.0 Å². The van der Waals surface area contributed by atoms with E-state index in [-0.39, 0.29) is 5.91 Å². The quantitative estimate of drug-likeness (QED) is 0.350. The summed E-state index contributed by atoms with van der Waals surface area (Å²) in [5, 5.41) is 7.33. The highest BCUT2D eigenvalue weighted by Crippen LogP contribution is 2.37. The lowest BCUT2D eigenvalue weighted by molar-refractivity contribution is -0.111. The van der Waals surface area contributed by atoms with Crippen molar-refractivity contribution in [3.05, 3.63) is 71.9 Å². The number of nitrogens with one attached hydrogen (secondary N) is 2. The van der Waals surface area contributed by atoms with Crippen molar-refractivity contribution in [3.63, 3.8) is 0 Å². The van der Waals surface area contributed by atoms with Crippen molar-refractivity contribution < 1.29 is 9.53 Å². The molecule has 1 aromatic heterocycles. The second kappa shape index (κ2) is 10.7. The second-order valence-corrected chi connectivity index (χ2v) is 8.78. The third kappa shape index (κ3) is 5.84. The Kier molecular flexibility index (Phi) is 7.49. The number of halogens is 1. The van der Waals surface area contributed by atoms with Gasteiger partial charge in [-0.15, -0.1) is 0 Å². The molecule has 9 heteroatoms. The number of aromatic nitrogens is 2. The third-order valence-corrected chi connectivity index (χ3v) is 6.73. The average Bonchev–Trinajstić information content (AvgIpc) is 2.85. The standard InChI is InChI=1S/C24H24ClN5O2S/c1-3-21(31)28-19-8-9-20(23(25)16(19)2)33-22-10-11-26-24(29-22)27-17-4-6-18(7-5-17)30-12-14-32-15-13-30/h3-11H,1,12-15H2,2H3,(H,28,31)(H,26,27,29). The van der Waals surface area contributed by atoms with Gasteiger partial charge in [0.05, 0.1) is 18.2 Å². The molecule has 0 radical (unpaired) electrons. The van der Waals surface area contributed by atoms with Crippen LogP contribution in [0.3, 0.4) is 0 Å². The molecule has 1 saturated heterocycles. The molecule has 2 heterocycles. The molecule has 7 nitrogen and oxygen atoms in total. The van der Waals surface area contributed by atoms with E-state index in [1.807, 2.05) is 37.3 Å². The second-order valence-electron chi connectivity index (χ2n) is 7.34. The van der Waals surface area contributed by atoms with Gasteiger partial charge in [0.15, 0.2) is 0 Å². The highest BCUT2D eigenvalue weighted by Gasteiger charge is 2.13. The van der Waals surface area contributed by atoms with Gasteiger partial charge in [0.1, 0.15) is 5.03 Å². The van der Waals surface area contributed by atoms with Crippen LogP contribution in [0.5, 0.6) is 0 Å². The predicted molar refractivity (Wildman–Crippen MR) is 134 cm³/mol. The van der Waals surface area contributed by atoms with Crippen LogP contribution in [0.2, 0.25) is 5.02 Å². The van der Waals surface area contributed by atoms with E-state index in [0.29, 0.717) is 16.7 Å². The Morgan fingerprint density at radius 2 is 1.94 bits per heavy atom. The number of morpholine rings is 1. The number of carbonyl (C=O) groups excluding carboxylic acids is 1. The summed E-state index contributed by atoms with van der Waals surface area (Å²) in [5.74, 6) is 0.223. The maximum Gasteiger partial charge on any atom is 0.247 e. The summed E-state index contributed by atoms with van der Waals surface area (Å²) < 4.78 is 5.42. The molecule has 0 aliphatic carbocycles. The summed E-state index contributed by atoms with van der Waals surface area (Å²) in [6.07, 6.45) is 2.93. The number of nitrogens with zero attached hydrogens (tertiary/aromatic N) is 3. The van der Waals surface area contributed by atoms with Crippen molar-refractivity contribution in [2.24, 2.45) is 0 Å². The van der Waals surface area contributed by atoms with Crippen molar-refractivity contribution in [3.8, 4) is 0 Å². The molecular formula is C24H24ClN5O2S. The Bertz CT molecular complexity index is 1150. The lowest BCUT2D eigenvalue weighted by Gasteiger charge is -2.28. The first-order valence-corrected chi connectivity index (χ1v) is 11.7. The lowest BCUT2D eigenvalue weighted by Crippen LogP contribution is -2.36. The highest BCUT2D eigenvalue weighted by atomic mass is 35.5. The molecule has 2 aromatic carbocycles. The molecule has 2 N–H and O–H groups in total. The Labute approximate surface area is 202 Å². The van der Waals surface area contributed by atoms with Crippen LogP contribution < -0.4 is 15.5 Å². The normalized spacial score (nSPS) is 13.5. The molecule has 4 rings (SSSR count). The lowest BCUT2D eigenvalue weighted by atomic mass is 10.2. The molecule has 1 aliphatic heterocycles. The van der Waals surface area contributed by atoms with Crippen molar-refractivity contribution in [1.82, 2.24) is 9.97 Å². The van der Waals surface area contributed by atoms with Gasteiger partial charge >= 0.3 is 0 Å². The fourth-order valence-electron chi connectivity index (χ4n) is 3.34. The summed E-state index contributed by atoms with van der Waals surface area (Å²) in [4.78, 5) is 23.7. The Morgan fingerprint density at radius 3 is 2.67 bits per heavy atom. The Morgan fingerprint density at radius 1 is 1.18 bits per heavy atom. The molecule has 3 aromatic rings. The summed E-state index contributed by atoms with van der Waals surface area (Å²) in [7, 11) is 0. The average molecular weight is 482 g/mol. The first-order chi connectivity index (χ1) is 16.0. The zero-order chi connectivity index (χ0) is 23.2. The van der Waals surface area contributed by atoms with Gasteiger partial charge in [-0.1, -0.05) is 29.9 Å². The van der Waals surface area contributed by atoms with Crippen LogP contribution in [-0.4, -0.2) is 42.2 Å². The predicted octanol–water partition coefficient (Wildman–Crippen LogP) is 5.29. The van der Waals surface area contributed by atoms with E-state index in [9.17, 15) is 4.79 Å². The van der Waals surface area contributed by atoms with E-state index in [0.717, 1.165) is 47.5 Å². The number of amides is 1. The van der Waals surface area contributed by atoms with Crippen molar-refractivity contribution in [2.45, 2.75) is 16.8 Å². The molecule has 0 spiro atoms. The van der Waals surface area contributed by atoms with E-state index in [4.69, 9.17) is 16.3 Å². The van der Waals surface area contributed by atoms with Gasteiger partial charge in [0, 0.05) is 41.2 Å². The zero-order valence-electron chi connectivity index (χ0n) is 18.2. The Balaban J connectivity index is 1.44. The number of hydrogen-bond acceptors (Lipinski definition) is 7. The molecule has 170 valence electrons. The summed E-state index contributed by atoms with van der Waals surface area (Å²) in [6, 6.07) is 13.7. The van der Waals surface area contributed by atoms with Crippen LogP contribution in [0.25, 0.3) is 0 Å². The fourth-order valence-corrected chi connectivity index (χ4v) is 4.48. The van der Waals surface area contributed by atoms with Gasteiger partial charge in [0.2, 0.25) is 11.9 Å². The SMILES string of the molecule is C=CC(=O)Nc1ccc(Sc2ccnc(Nc3ccc(N4CCOCC4)cc3)n2)c(Cl)c1C. The number of benzene rings is 2. The van der Waals surface area contributed by atoms with Crippen molar-refractivity contribution >= 4 is 52.3 Å². The third-order valence-electron chi connectivity index (χ3n) is 5.14. The summed E-state index contributed by atoms with van der Waals surface area (Å²) in [6.45, 7) is 8.65. The minimum absolute atomic E-state index is 0.279. The smallest absolute Gasteiger partial charge is 0.247 e. The van der Waals surface area contributed by atoms with Gasteiger partial charge in [-0.25, -0.2) is 9.97 Å². The number of hydrogen-bond donors (Lipinski definition) is 2. The van der Waals surface area contributed by atoms with E-state index in [1.165, 1.54) is 23.5 Å². The number of ether oxygens (including phenoxy) is 1. The molecule has 1 fully saturated rings. The topological polar surface area (TPSA) is 79.4 Å². The van der Waals surface area contributed by atoms with Gasteiger partial charge < -0.3 is 20.3 Å². The molecule has 1 amide bonds. The van der Waals surface area contributed by atoms with E-state index < -0.39 is 0 Å². The van der Waals surface area contributed by atoms with Crippen LogP contribution in [0, 0.1) is 6.92 Å². The van der Waals surface area contributed by atoms with Crippen molar-refractivity contribution in [1.29, 1.82) is 0 Å². The molecule has 33 heavy (non-hydrogen) atoms. The molecule has 0 bridgehead atoms. The number of carbonyl (C=O) groups is 1. The monoisotopic (exact) mass is 481 g/mol. The maximum atomic E-state index is 11.6. The highest BCUT2D eigenvalue weighted by molar-refractivity contribution is 7.99. The zero-order valence-corrected chi connectivity index (χ0v) is 19.7. The van der Waals surface area contributed by atoms with Crippen LogP contribution in [0.15, 0.2) is 71.2 Å². The van der Waals surface area contributed by atoms with E-state index >= 15 is 0 Å². The number of anilines is 4. The van der Waals surface area contributed by atoms with Crippen LogP contribution in [0.1, 0.15) is 5.56 Å². The van der Waals surface area contributed by atoms with E-state index in [2.05, 4.69) is 44.2 Å². The molecule has 0 saturated carbocycles. The first-order valence-electron chi connectivity index (χ1n) is 10.5. The van der Waals surface area contributed by atoms with Gasteiger partial charge in [-0.2, -0.15) is 0 Å². The molecular weight excluding hydrogens is 458 g/mol. The largest absolute Gasteiger partial charge is 0.378 e. The molecule has 0 unspecified atom stereocenters. The van der Waals surface area contributed by atoms with Crippen LogP contribution in [0.4, 0.5) is 23.0 Å². The van der Waals surface area contributed by atoms with E-state index in [1.54, 1.807) is 6.20 Å². The van der Waals surface area contributed by atoms with Gasteiger partial charge in [-0.3, -0.25) is 4.79 Å². The van der Waals surface area contributed by atoms with Gasteiger partial charge in [0.25, 0.3) is 0 Å². The summed E-state index contributed by atoms with van der Waals surface area (Å²) >= 11 is 7.99. The van der Waals surface area contributed by atoms with Crippen molar-refractivity contribution in [2.75, 3.05) is 41.8 Å².